The Bertz CT molecular complexity index is 1060. The van der Waals surface area contributed by atoms with E-state index in [1.54, 1.807) is 11.3 Å². The lowest BCUT2D eigenvalue weighted by molar-refractivity contribution is 0.102. The highest BCUT2D eigenvalue weighted by atomic mass is 32.2. The third-order valence-corrected chi connectivity index (χ3v) is 6.63. The number of carbonyl (C=O) groups is 1. The number of nitrogens with zero attached hydrogens (tertiary/aromatic N) is 2. The van der Waals surface area contributed by atoms with Gasteiger partial charge in [0, 0.05) is 10.4 Å². The van der Waals surface area contributed by atoms with E-state index in [4.69, 9.17) is 5.84 Å². The van der Waals surface area contributed by atoms with Gasteiger partial charge in [-0.05, 0) is 55.5 Å². The van der Waals surface area contributed by atoms with Crippen LogP contribution < -0.4 is 11.4 Å². The Morgan fingerprint density at radius 3 is 2.77 bits per heavy atom. The molecule has 0 spiro atoms. The van der Waals surface area contributed by atoms with Gasteiger partial charge in [-0.25, -0.2) is 14.1 Å². The Hall–Kier alpha value is -2.19. The quantitative estimate of drug-likeness (QED) is 0.321. The number of hydrogen-bond donors (Lipinski definition) is 1. The molecule has 0 amide bonds. The van der Waals surface area contributed by atoms with E-state index >= 15 is 0 Å². The fourth-order valence-electron chi connectivity index (χ4n) is 3.15. The van der Waals surface area contributed by atoms with Gasteiger partial charge in [0.15, 0.2) is 10.9 Å². The molecule has 26 heavy (non-hydrogen) atoms. The van der Waals surface area contributed by atoms with Crippen LogP contribution in [0.15, 0.2) is 34.2 Å². The van der Waals surface area contributed by atoms with Gasteiger partial charge < -0.3 is 5.84 Å². The molecule has 0 radical (unpaired) electrons. The Morgan fingerprint density at radius 2 is 2.00 bits per heavy atom. The number of halogens is 1. The molecule has 4 rings (SSSR count). The lowest BCUT2D eigenvalue weighted by Crippen LogP contribution is -2.30. The van der Waals surface area contributed by atoms with Crippen LogP contribution in [-0.2, 0) is 12.8 Å². The van der Waals surface area contributed by atoms with Gasteiger partial charge in [0.2, 0.25) is 0 Å². The molecule has 2 heterocycles. The molecule has 5 nitrogen and oxygen atoms in total. The zero-order valence-electron chi connectivity index (χ0n) is 13.8. The molecule has 0 unspecified atom stereocenters. The molecule has 2 aromatic heterocycles. The highest BCUT2D eigenvalue weighted by Gasteiger charge is 2.22. The number of fused-ring (bicyclic) bond motifs is 3. The monoisotopic (exact) mass is 389 g/mol. The number of nitrogen functional groups attached to an aromatic ring is 1. The zero-order valence-corrected chi connectivity index (χ0v) is 15.5. The second kappa shape index (κ2) is 6.85. The summed E-state index contributed by atoms with van der Waals surface area (Å²) in [7, 11) is 0. The summed E-state index contributed by atoms with van der Waals surface area (Å²) < 4.78 is 14.0. The van der Waals surface area contributed by atoms with Crippen LogP contribution in [0.5, 0.6) is 0 Å². The van der Waals surface area contributed by atoms with Crippen molar-refractivity contribution in [1.29, 1.82) is 0 Å². The molecule has 1 aliphatic carbocycles. The van der Waals surface area contributed by atoms with Crippen LogP contribution in [0, 0.1) is 5.82 Å². The van der Waals surface area contributed by atoms with Crippen LogP contribution in [0.3, 0.4) is 0 Å². The Morgan fingerprint density at radius 1 is 1.27 bits per heavy atom. The maximum atomic E-state index is 13.0. The number of Topliss-reactive ketones (excluding diaryl/α,β-unsaturated/α-hetero) is 1. The largest absolute Gasteiger partial charge is 0.334 e. The van der Waals surface area contributed by atoms with Gasteiger partial charge in [-0.1, -0.05) is 11.8 Å². The minimum absolute atomic E-state index is 0.0753. The van der Waals surface area contributed by atoms with Crippen molar-refractivity contribution >= 4 is 39.1 Å². The van der Waals surface area contributed by atoms with E-state index in [-0.39, 0.29) is 17.1 Å². The molecule has 2 N–H and O–H groups in total. The number of rotatable bonds is 4. The zero-order chi connectivity index (χ0) is 18.3. The van der Waals surface area contributed by atoms with Crippen LogP contribution >= 0.6 is 23.1 Å². The van der Waals surface area contributed by atoms with Crippen molar-refractivity contribution in [3.8, 4) is 0 Å². The second-order valence-electron chi connectivity index (χ2n) is 6.18. The van der Waals surface area contributed by atoms with E-state index in [9.17, 15) is 14.0 Å². The third-order valence-electron chi connectivity index (χ3n) is 4.49. The SMILES string of the molecule is Nn1c(SCC(=O)c2ccc(F)cc2)nc2sc3c(c2c1=O)CCCC3. The van der Waals surface area contributed by atoms with Gasteiger partial charge in [0.25, 0.3) is 5.56 Å². The molecule has 0 atom stereocenters. The van der Waals surface area contributed by atoms with Crippen molar-refractivity contribution in [3.05, 3.63) is 56.4 Å². The summed E-state index contributed by atoms with van der Waals surface area (Å²) in [5.74, 6) is 5.46. The lowest BCUT2D eigenvalue weighted by atomic mass is 9.97. The third kappa shape index (κ3) is 3.03. The van der Waals surface area contributed by atoms with Gasteiger partial charge in [-0.15, -0.1) is 11.3 Å². The number of thiophene rings is 1. The van der Waals surface area contributed by atoms with Gasteiger partial charge in [-0.2, -0.15) is 0 Å². The molecule has 1 aliphatic rings. The van der Waals surface area contributed by atoms with Gasteiger partial charge in [0.05, 0.1) is 11.1 Å². The maximum Gasteiger partial charge on any atom is 0.281 e. The smallest absolute Gasteiger partial charge is 0.281 e. The molecule has 134 valence electrons. The molecule has 0 saturated carbocycles. The molecule has 0 fully saturated rings. The lowest BCUT2D eigenvalue weighted by Gasteiger charge is -2.10. The Balaban J connectivity index is 1.62. The van der Waals surface area contributed by atoms with E-state index in [1.807, 2.05) is 0 Å². The number of hydrogen-bond acceptors (Lipinski definition) is 6. The molecule has 0 saturated heterocycles. The Labute approximate surface area is 157 Å². The predicted molar refractivity (Wildman–Crippen MR) is 102 cm³/mol. The summed E-state index contributed by atoms with van der Waals surface area (Å²) in [5, 5.41) is 0.943. The van der Waals surface area contributed by atoms with Crippen molar-refractivity contribution in [2.45, 2.75) is 30.8 Å². The minimum Gasteiger partial charge on any atom is -0.334 e. The summed E-state index contributed by atoms with van der Waals surface area (Å²) in [6.45, 7) is 0. The summed E-state index contributed by atoms with van der Waals surface area (Å²) in [6.07, 6.45) is 4.07. The fourth-order valence-corrected chi connectivity index (χ4v) is 5.26. The first-order chi connectivity index (χ1) is 12.5. The van der Waals surface area contributed by atoms with Crippen LogP contribution in [0.2, 0.25) is 0 Å². The molecule has 3 aromatic rings. The van der Waals surface area contributed by atoms with E-state index in [1.165, 1.54) is 29.1 Å². The minimum atomic E-state index is -0.390. The van der Waals surface area contributed by atoms with Crippen LogP contribution in [0.1, 0.15) is 33.6 Å². The average molecular weight is 389 g/mol. The van der Waals surface area contributed by atoms with E-state index in [0.29, 0.717) is 20.9 Å². The highest BCUT2D eigenvalue weighted by Crippen LogP contribution is 2.34. The molecule has 8 heteroatoms. The molecular weight excluding hydrogens is 373 g/mol. The van der Waals surface area contributed by atoms with Crippen molar-refractivity contribution < 1.29 is 9.18 Å². The highest BCUT2D eigenvalue weighted by molar-refractivity contribution is 7.99. The predicted octanol–water partition coefficient (Wildman–Crippen LogP) is 3.16. The average Bonchev–Trinajstić information content (AvgIpc) is 3.02. The number of nitrogens with two attached hydrogens (primary N) is 1. The van der Waals surface area contributed by atoms with Gasteiger partial charge in [-0.3, -0.25) is 9.59 Å². The summed E-state index contributed by atoms with van der Waals surface area (Å²) >= 11 is 2.67. The number of ketones is 1. The topological polar surface area (TPSA) is 78.0 Å². The normalized spacial score (nSPS) is 13.7. The van der Waals surface area contributed by atoms with Crippen LogP contribution in [-0.4, -0.2) is 21.2 Å². The first-order valence-electron chi connectivity index (χ1n) is 8.28. The van der Waals surface area contributed by atoms with Crippen LogP contribution in [0.4, 0.5) is 4.39 Å². The number of thioether (sulfide) groups is 1. The summed E-state index contributed by atoms with van der Waals surface area (Å²) in [4.78, 5) is 31.4. The molecule has 0 bridgehead atoms. The first kappa shape index (κ1) is 17.2. The second-order valence-corrected chi connectivity index (χ2v) is 8.21. The Kier molecular flexibility index (Phi) is 4.54. The summed E-state index contributed by atoms with van der Waals surface area (Å²) in [6, 6.07) is 5.38. The molecule has 1 aromatic carbocycles. The molecular formula is C18H16FN3O2S2. The van der Waals surface area contributed by atoms with E-state index < -0.39 is 5.82 Å². The van der Waals surface area contributed by atoms with Crippen molar-refractivity contribution in [1.82, 2.24) is 9.66 Å². The number of carbonyl (C=O) groups excluding carboxylic acids is 1. The van der Waals surface area contributed by atoms with E-state index in [2.05, 4.69) is 4.98 Å². The number of benzene rings is 1. The number of aryl methyl sites for hydroxylation is 2. The van der Waals surface area contributed by atoms with Crippen molar-refractivity contribution in [2.75, 3.05) is 11.6 Å². The van der Waals surface area contributed by atoms with Gasteiger partial charge >= 0.3 is 0 Å². The van der Waals surface area contributed by atoms with Crippen molar-refractivity contribution in [2.24, 2.45) is 0 Å². The van der Waals surface area contributed by atoms with E-state index in [0.717, 1.165) is 47.7 Å². The first-order valence-corrected chi connectivity index (χ1v) is 10.1. The standard InChI is InChI=1S/C18H16FN3O2S2/c19-11-7-5-10(6-8-11)13(23)9-25-18-21-16-15(17(24)22(18)20)12-3-1-2-4-14(12)26-16/h5-8H,1-4,9,20H2. The maximum absolute atomic E-state index is 13.0. The number of aromatic nitrogens is 2. The van der Waals surface area contributed by atoms with Crippen molar-refractivity contribution in [3.63, 3.8) is 0 Å². The van der Waals surface area contributed by atoms with Gasteiger partial charge in [0.1, 0.15) is 10.6 Å². The molecule has 0 aliphatic heterocycles. The fraction of sp³-hybridized carbons (Fsp3) is 0.278. The summed E-state index contributed by atoms with van der Waals surface area (Å²) in [5.41, 5.74) is 1.25. The van der Waals surface area contributed by atoms with Crippen LogP contribution in [0.25, 0.3) is 10.2 Å².